The van der Waals surface area contributed by atoms with Crippen molar-refractivity contribution in [1.82, 2.24) is 4.90 Å². The fourth-order valence-electron chi connectivity index (χ4n) is 1.89. The molecule has 1 rings (SSSR count). The third-order valence-electron chi connectivity index (χ3n) is 3.23. The molecule has 0 radical (unpaired) electrons. The summed E-state index contributed by atoms with van der Waals surface area (Å²) in [5.74, 6) is 0.207. The number of hydrogen-bond donors (Lipinski definition) is 1. The van der Waals surface area contributed by atoms with Crippen LogP contribution >= 0.6 is 0 Å². The van der Waals surface area contributed by atoms with Gasteiger partial charge in [0.15, 0.2) is 0 Å². The predicted molar refractivity (Wildman–Crippen MR) is 75.0 cm³/mol. The molecule has 100 valence electrons. The van der Waals surface area contributed by atoms with Gasteiger partial charge in [-0.25, -0.2) is 0 Å². The third kappa shape index (κ3) is 4.49. The van der Waals surface area contributed by atoms with E-state index in [1.165, 1.54) is 5.56 Å². The van der Waals surface area contributed by atoms with Crippen LogP contribution in [0.4, 0.5) is 0 Å². The van der Waals surface area contributed by atoms with Crippen molar-refractivity contribution < 1.29 is 4.79 Å². The monoisotopic (exact) mass is 248 g/mol. The average Bonchev–Trinajstić information content (AvgIpc) is 2.42. The van der Waals surface area contributed by atoms with E-state index in [-0.39, 0.29) is 11.9 Å². The lowest BCUT2D eigenvalue weighted by Gasteiger charge is -2.29. The quantitative estimate of drug-likeness (QED) is 0.806. The van der Waals surface area contributed by atoms with Crippen LogP contribution in [0.3, 0.4) is 0 Å². The van der Waals surface area contributed by atoms with E-state index in [2.05, 4.69) is 26.0 Å². The molecule has 3 nitrogen and oxygen atoms in total. The molecular formula is C15H24N2O. The summed E-state index contributed by atoms with van der Waals surface area (Å²) in [7, 11) is 0. The fourth-order valence-corrected chi connectivity index (χ4v) is 1.89. The number of carbonyl (C=O) groups is 1. The smallest absolute Gasteiger partial charge is 0.223 e. The highest BCUT2D eigenvalue weighted by atomic mass is 16.2. The molecule has 0 heterocycles. The molecular weight excluding hydrogens is 224 g/mol. The van der Waals surface area contributed by atoms with E-state index in [1.807, 2.05) is 23.1 Å². The molecule has 0 aliphatic heterocycles. The van der Waals surface area contributed by atoms with Gasteiger partial charge in [-0.3, -0.25) is 4.79 Å². The Kier molecular flexibility index (Phi) is 6.44. The molecule has 0 bridgehead atoms. The van der Waals surface area contributed by atoms with E-state index in [4.69, 9.17) is 5.73 Å². The summed E-state index contributed by atoms with van der Waals surface area (Å²) in [6.45, 7) is 5.48. The van der Waals surface area contributed by atoms with Crippen molar-refractivity contribution in [2.45, 2.75) is 45.7 Å². The lowest BCUT2D eigenvalue weighted by molar-refractivity contribution is -0.134. The van der Waals surface area contributed by atoms with Crippen LogP contribution in [0.15, 0.2) is 30.3 Å². The minimum atomic E-state index is 0.207. The maximum absolute atomic E-state index is 12.2. The Labute approximate surface area is 110 Å². The molecule has 1 atom stereocenters. The summed E-state index contributed by atoms with van der Waals surface area (Å²) >= 11 is 0. The lowest BCUT2D eigenvalue weighted by atomic mass is 10.1. The lowest BCUT2D eigenvalue weighted by Crippen LogP contribution is -2.37. The van der Waals surface area contributed by atoms with Crippen LogP contribution < -0.4 is 5.73 Å². The second-order valence-corrected chi connectivity index (χ2v) is 4.66. The van der Waals surface area contributed by atoms with Crippen LogP contribution in [0.5, 0.6) is 0 Å². The van der Waals surface area contributed by atoms with Gasteiger partial charge in [-0.2, -0.15) is 0 Å². The Morgan fingerprint density at radius 2 is 2.00 bits per heavy atom. The van der Waals surface area contributed by atoms with Gasteiger partial charge in [0.2, 0.25) is 5.91 Å². The number of hydrogen-bond acceptors (Lipinski definition) is 2. The van der Waals surface area contributed by atoms with E-state index in [1.54, 1.807) is 0 Å². The van der Waals surface area contributed by atoms with E-state index in [0.29, 0.717) is 19.5 Å². The van der Waals surface area contributed by atoms with E-state index < -0.39 is 0 Å². The molecule has 3 heteroatoms. The zero-order valence-electron chi connectivity index (χ0n) is 11.4. The highest BCUT2D eigenvalue weighted by molar-refractivity contribution is 5.76. The summed E-state index contributed by atoms with van der Waals surface area (Å²) in [4.78, 5) is 14.1. The molecule has 0 saturated heterocycles. The van der Waals surface area contributed by atoms with Crippen LogP contribution in [0, 0.1) is 0 Å². The van der Waals surface area contributed by atoms with Gasteiger partial charge < -0.3 is 10.6 Å². The van der Waals surface area contributed by atoms with Crippen molar-refractivity contribution in [3.63, 3.8) is 0 Å². The average molecular weight is 248 g/mol. The first-order chi connectivity index (χ1) is 8.69. The van der Waals surface area contributed by atoms with Gasteiger partial charge in [-0.15, -0.1) is 0 Å². The van der Waals surface area contributed by atoms with Gasteiger partial charge in [-0.05, 0) is 31.9 Å². The SMILES string of the molecule is CCC(C)N(Cc1ccccc1)C(=O)CCCN. The van der Waals surface area contributed by atoms with Gasteiger partial charge in [0.05, 0.1) is 0 Å². The second-order valence-electron chi connectivity index (χ2n) is 4.66. The fraction of sp³-hybridized carbons (Fsp3) is 0.533. The number of nitrogens with two attached hydrogens (primary N) is 1. The van der Waals surface area contributed by atoms with Crippen LogP contribution in [0.2, 0.25) is 0 Å². The summed E-state index contributed by atoms with van der Waals surface area (Å²) in [6, 6.07) is 10.4. The Bertz CT molecular complexity index is 351. The van der Waals surface area contributed by atoms with Crippen molar-refractivity contribution in [2.24, 2.45) is 5.73 Å². The first-order valence-corrected chi connectivity index (χ1v) is 6.72. The van der Waals surface area contributed by atoms with Crippen molar-refractivity contribution >= 4 is 5.91 Å². The van der Waals surface area contributed by atoms with Gasteiger partial charge in [0, 0.05) is 19.0 Å². The summed E-state index contributed by atoms with van der Waals surface area (Å²) in [6.07, 6.45) is 2.29. The normalized spacial score (nSPS) is 12.2. The van der Waals surface area contributed by atoms with Crippen LogP contribution in [-0.2, 0) is 11.3 Å². The van der Waals surface area contributed by atoms with E-state index in [9.17, 15) is 4.79 Å². The molecule has 0 aromatic heterocycles. The second kappa shape index (κ2) is 7.88. The highest BCUT2D eigenvalue weighted by Crippen LogP contribution is 2.12. The first kappa shape index (κ1) is 14.7. The van der Waals surface area contributed by atoms with Gasteiger partial charge >= 0.3 is 0 Å². The minimum Gasteiger partial charge on any atom is -0.336 e. The molecule has 0 aliphatic carbocycles. The molecule has 2 N–H and O–H groups in total. The molecule has 0 spiro atoms. The molecule has 1 unspecified atom stereocenters. The van der Waals surface area contributed by atoms with E-state index >= 15 is 0 Å². The zero-order valence-corrected chi connectivity index (χ0v) is 11.4. The molecule has 1 amide bonds. The Hall–Kier alpha value is -1.35. The molecule has 0 saturated carbocycles. The van der Waals surface area contributed by atoms with Crippen molar-refractivity contribution in [2.75, 3.05) is 6.54 Å². The van der Waals surface area contributed by atoms with Crippen molar-refractivity contribution in [1.29, 1.82) is 0 Å². The number of rotatable bonds is 7. The van der Waals surface area contributed by atoms with Crippen molar-refractivity contribution in [3.8, 4) is 0 Å². The Morgan fingerprint density at radius 1 is 1.33 bits per heavy atom. The van der Waals surface area contributed by atoms with Crippen LogP contribution in [0.25, 0.3) is 0 Å². The topological polar surface area (TPSA) is 46.3 Å². The molecule has 0 aliphatic rings. The van der Waals surface area contributed by atoms with Gasteiger partial charge in [-0.1, -0.05) is 37.3 Å². The third-order valence-corrected chi connectivity index (χ3v) is 3.23. The van der Waals surface area contributed by atoms with Crippen LogP contribution in [-0.4, -0.2) is 23.4 Å². The summed E-state index contributed by atoms with van der Waals surface area (Å²) in [5, 5.41) is 0. The Morgan fingerprint density at radius 3 is 2.56 bits per heavy atom. The Balaban J connectivity index is 2.69. The molecule has 1 aromatic carbocycles. The highest BCUT2D eigenvalue weighted by Gasteiger charge is 2.18. The minimum absolute atomic E-state index is 0.207. The molecule has 18 heavy (non-hydrogen) atoms. The number of nitrogens with zero attached hydrogens (tertiary/aromatic N) is 1. The molecule has 0 fully saturated rings. The number of carbonyl (C=O) groups excluding carboxylic acids is 1. The van der Waals surface area contributed by atoms with Crippen LogP contribution in [0.1, 0.15) is 38.7 Å². The number of benzene rings is 1. The molecule has 1 aromatic rings. The van der Waals surface area contributed by atoms with Gasteiger partial charge in [0.1, 0.15) is 0 Å². The largest absolute Gasteiger partial charge is 0.336 e. The standard InChI is InChI=1S/C15H24N2O/c1-3-13(2)17(15(18)10-7-11-16)12-14-8-5-4-6-9-14/h4-6,8-9,13H,3,7,10-12,16H2,1-2H3. The van der Waals surface area contributed by atoms with Gasteiger partial charge in [0.25, 0.3) is 0 Å². The maximum atomic E-state index is 12.2. The predicted octanol–water partition coefficient (Wildman–Crippen LogP) is 2.55. The van der Waals surface area contributed by atoms with E-state index in [0.717, 1.165) is 12.8 Å². The van der Waals surface area contributed by atoms with Crippen molar-refractivity contribution in [3.05, 3.63) is 35.9 Å². The summed E-state index contributed by atoms with van der Waals surface area (Å²) in [5.41, 5.74) is 6.65. The zero-order chi connectivity index (χ0) is 13.4. The first-order valence-electron chi connectivity index (χ1n) is 6.72. The number of amides is 1. The summed E-state index contributed by atoms with van der Waals surface area (Å²) < 4.78 is 0. The maximum Gasteiger partial charge on any atom is 0.223 e.